The Bertz CT molecular complexity index is 769. The predicted molar refractivity (Wildman–Crippen MR) is 104 cm³/mol. The zero-order valence-electron chi connectivity index (χ0n) is 15.3. The van der Waals surface area contributed by atoms with Crippen molar-refractivity contribution in [3.05, 3.63) is 57.3 Å². The second-order valence-electron chi connectivity index (χ2n) is 7.10. The minimum absolute atomic E-state index is 0.210. The molecular weight excluding hydrogens is 346 g/mol. The molecule has 2 aromatic rings. The van der Waals surface area contributed by atoms with Gasteiger partial charge in [0.2, 0.25) is 0 Å². The van der Waals surface area contributed by atoms with Gasteiger partial charge in [-0.3, -0.25) is 4.79 Å². The zero-order chi connectivity index (χ0) is 18.5. The van der Waals surface area contributed by atoms with E-state index in [1.54, 1.807) is 0 Å². The molecule has 26 heavy (non-hydrogen) atoms. The Labute approximate surface area is 158 Å². The third-order valence-electron chi connectivity index (χ3n) is 4.84. The maximum atomic E-state index is 12.2. The molecule has 0 fully saturated rings. The maximum absolute atomic E-state index is 12.2. The summed E-state index contributed by atoms with van der Waals surface area (Å²) in [5.41, 5.74) is 2.44. The van der Waals surface area contributed by atoms with Crippen LogP contribution in [0.25, 0.3) is 0 Å². The van der Waals surface area contributed by atoms with Crippen molar-refractivity contribution >= 4 is 23.2 Å². The lowest BCUT2D eigenvalue weighted by molar-refractivity contribution is -0.124. The molecule has 5 heteroatoms. The summed E-state index contributed by atoms with van der Waals surface area (Å²) in [6.45, 7) is 4.57. The molecule has 1 N–H and O–H groups in total. The number of rotatable bonds is 6. The van der Waals surface area contributed by atoms with Gasteiger partial charge >= 0.3 is 5.97 Å². The molecule has 0 spiro atoms. The van der Waals surface area contributed by atoms with Crippen molar-refractivity contribution in [2.24, 2.45) is 5.92 Å². The Morgan fingerprint density at radius 3 is 2.85 bits per heavy atom. The van der Waals surface area contributed by atoms with Gasteiger partial charge in [-0.2, -0.15) is 0 Å². The molecule has 1 aromatic carbocycles. The summed E-state index contributed by atoms with van der Waals surface area (Å²) in [5.74, 6) is 0.208. The number of fused-ring (bicyclic) bond motifs is 1. The fourth-order valence-corrected chi connectivity index (χ4v) is 4.33. The normalized spacial score (nSPS) is 17.2. The molecule has 4 nitrogen and oxygen atoms in total. The van der Waals surface area contributed by atoms with Gasteiger partial charge in [0.15, 0.2) is 6.61 Å². The lowest BCUT2D eigenvalue weighted by atomic mass is 9.90. The summed E-state index contributed by atoms with van der Waals surface area (Å²) in [4.78, 5) is 26.1. The van der Waals surface area contributed by atoms with E-state index in [1.165, 1.54) is 33.8 Å². The molecule has 3 rings (SSSR count). The minimum Gasteiger partial charge on any atom is -0.451 e. The highest BCUT2D eigenvalue weighted by Gasteiger charge is 2.21. The third kappa shape index (κ3) is 4.73. The quantitative estimate of drug-likeness (QED) is 0.782. The van der Waals surface area contributed by atoms with Gasteiger partial charge in [0.05, 0.1) is 0 Å². The first-order chi connectivity index (χ1) is 12.5. The molecule has 1 heterocycles. The van der Waals surface area contributed by atoms with Crippen LogP contribution in [0.15, 0.2) is 36.4 Å². The number of esters is 1. The van der Waals surface area contributed by atoms with Crippen molar-refractivity contribution in [1.29, 1.82) is 0 Å². The van der Waals surface area contributed by atoms with Gasteiger partial charge in [-0.1, -0.05) is 44.2 Å². The van der Waals surface area contributed by atoms with E-state index in [9.17, 15) is 9.59 Å². The van der Waals surface area contributed by atoms with Crippen molar-refractivity contribution < 1.29 is 14.3 Å². The van der Waals surface area contributed by atoms with Crippen LogP contribution in [0.4, 0.5) is 0 Å². The third-order valence-corrected chi connectivity index (χ3v) is 6.06. The van der Waals surface area contributed by atoms with Crippen molar-refractivity contribution in [3.8, 4) is 0 Å². The van der Waals surface area contributed by atoms with Crippen LogP contribution >= 0.6 is 11.3 Å². The molecule has 0 saturated heterocycles. The number of hydrogen-bond acceptors (Lipinski definition) is 4. The molecule has 0 saturated carbocycles. The number of amides is 1. The van der Waals surface area contributed by atoms with E-state index < -0.39 is 5.97 Å². The van der Waals surface area contributed by atoms with E-state index in [0.29, 0.717) is 17.3 Å². The highest BCUT2D eigenvalue weighted by molar-refractivity contribution is 7.14. The van der Waals surface area contributed by atoms with E-state index in [-0.39, 0.29) is 18.4 Å². The number of ether oxygens (including phenoxy) is 1. The summed E-state index contributed by atoms with van der Waals surface area (Å²) in [6, 6.07) is 11.9. The van der Waals surface area contributed by atoms with Gasteiger partial charge in [0.1, 0.15) is 4.88 Å². The minimum atomic E-state index is -0.400. The zero-order valence-corrected chi connectivity index (χ0v) is 16.1. The first-order valence-corrected chi connectivity index (χ1v) is 9.95. The molecule has 0 bridgehead atoms. The number of thiophene rings is 1. The van der Waals surface area contributed by atoms with Crippen LogP contribution in [0.3, 0.4) is 0 Å². The van der Waals surface area contributed by atoms with Gasteiger partial charge in [0.25, 0.3) is 5.91 Å². The fourth-order valence-electron chi connectivity index (χ4n) is 3.23. The molecule has 1 aliphatic rings. The lowest BCUT2D eigenvalue weighted by Gasteiger charge is -2.16. The van der Waals surface area contributed by atoms with Gasteiger partial charge in [-0.15, -0.1) is 11.3 Å². The average Bonchev–Trinajstić information content (AvgIpc) is 3.08. The van der Waals surface area contributed by atoms with Gasteiger partial charge in [0, 0.05) is 11.4 Å². The first-order valence-electron chi connectivity index (χ1n) is 9.13. The Morgan fingerprint density at radius 2 is 2.08 bits per heavy atom. The number of benzene rings is 1. The van der Waals surface area contributed by atoms with Crippen LogP contribution in [-0.4, -0.2) is 25.0 Å². The summed E-state index contributed by atoms with van der Waals surface area (Å²) < 4.78 is 5.19. The molecule has 0 radical (unpaired) electrons. The standard InChI is InChI=1S/C21H25NO3S/c1-14-8-9-18-17(10-14)11-19(26-18)21(24)25-13-20(23)22-12-15(2)16-6-4-3-5-7-16/h3-7,11,14-15H,8-10,12-13H2,1-2H3,(H,22,23)/t14-,15-/m1/s1. The van der Waals surface area contributed by atoms with Gasteiger partial charge in [-0.25, -0.2) is 4.79 Å². The Morgan fingerprint density at radius 1 is 1.31 bits per heavy atom. The topological polar surface area (TPSA) is 55.4 Å². The molecular formula is C21H25NO3S. The van der Waals surface area contributed by atoms with Crippen LogP contribution in [0.2, 0.25) is 0 Å². The SMILES string of the molecule is C[C@@H]1CCc2sc(C(=O)OCC(=O)NC[C@@H](C)c3ccccc3)cc2C1. The number of hydrogen-bond donors (Lipinski definition) is 1. The molecule has 0 unspecified atom stereocenters. The van der Waals surface area contributed by atoms with Gasteiger partial charge in [-0.05, 0) is 48.3 Å². The van der Waals surface area contributed by atoms with E-state index in [4.69, 9.17) is 4.74 Å². The summed E-state index contributed by atoms with van der Waals surface area (Å²) in [7, 11) is 0. The second-order valence-corrected chi connectivity index (χ2v) is 8.24. The van der Waals surface area contributed by atoms with E-state index in [2.05, 4.69) is 19.2 Å². The Kier molecular flexibility index (Phi) is 6.09. The largest absolute Gasteiger partial charge is 0.451 e. The van der Waals surface area contributed by atoms with Crippen LogP contribution < -0.4 is 5.32 Å². The van der Waals surface area contributed by atoms with Crippen LogP contribution in [0.5, 0.6) is 0 Å². The first kappa shape index (κ1) is 18.6. The number of carbonyl (C=O) groups excluding carboxylic acids is 2. The van der Waals surface area contributed by atoms with Crippen LogP contribution in [0, 0.1) is 5.92 Å². The van der Waals surface area contributed by atoms with E-state index >= 15 is 0 Å². The Hall–Kier alpha value is -2.14. The van der Waals surface area contributed by atoms with Crippen molar-refractivity contribution in [2.45, 2.75) is 39.0 Å². The number of nitrogens with one attached hydrogen (secondary N) is 1. The average molecular weight is 372 g/mol. The van der Waals surface area contributed by atoms with E-state index in [0.717, 1.165) is 12.8 Å². The van der Waals surface area contributed by atoms with Gasteiger partial charge < -0.3 is 10.1 Å². The van der Waals surface area contributed by atoms with Crippen molar-refractivity contribution in [3.63, 3.8) is 0 Å². The van der Waals surface area contributed by atoms with Crippen LogP contribution in [0.1, 0.15) is 51.9 Å². The summed E-state index contributed by atoms with van der Waals surface area (Å²) in [5, 5.41) is 2.83. The smallest absolute Gasteiger partial charge is 0.348 e. The number of carbonyl (C=O) groups is 2. The summed E-state index contributed by atoms with van der Waals surface area (Å²) >= 11 is 1.51. The Balaban J connectivity index is 1.45. The molecule has 2 atom stereocenters. The monoisotopic (exact) mass is 371 g/mol. The molecule has 1 aliphatic carbocycles. The number of aryl methyl sites for hydroxylation is 1. The highest BCUT2D eigenvalue weighted by atomic mass is 32.1. The molecule has 1 amide bonds. The summed E-state index contributed by atoms with van der Waals surface area (Å²) in [6.07, 6.45) is 3.23. The predicted octanol–water partition coefficient (Wildman–Crippen LogP) is 3.95. The lowest BCUT2D eigenvalue weighted by Crippen LogP contribution is -2.31. The van der Waals surface area contributed by atoms with Crippen molar-refractivity contribution in [1.82, 2.24) is 5.32 Å². The van der Waals surface area contributed by atoms with Crippen molar-refractivity contribution in [2.75, 3.05) is 13.2 Å². The molecule has 1 aromatic heterocycles. The highest BCUT2D eigenvalue weighted by Crippen LogP contribution is 2.32. The molecule has 0 aliphatic heterocycles. The fraction of sp³-hybridized carbons (Fsp3) is 0.429. The second kappa shape index (κ2) is 8.49. The van der Waals surface area contributed by atoms with Crippen LogP contribution in [-0.2, 0) is 22.4 Å². The van der Waals surface area contributed by atoms with E-state index in [1.807, 2.05) is 36.4 Å². The maximum Gasteiger partial charge on any atom is 0.348 e. The molecule has 138 valence electrons.